The maximum atomic E-state index is 5.62. The van der Waals surface area contributed by atoms with E-state index in [4.69, 9.17) is 10.8 Å². The second-order valence-electron chi connectivity index (χ2n) is 6.80. The number of aliphatic imine (C=N–C) groups is 1. The molecule has 2 fully saturated rings. The fourth-order valence-electron chi connectivity index (χ4n) is 2.89. The van der Waals surface area contributed by atoms with Crippen LogP contribution in [0.5, 0.6) is 0 Å². The summed E-state index contributed by atoms with van der Waals surface area (Å²) in [5.74, 6) is 8.13. The summed E-state index contributed by atoms with van der Waals surface area (Å²) in [5.41, 5.74) is 3.30. The molecule has 0 heterocycles. The first-order valence-electron chi connectivity index (χ1n) is 7.05. The first-order chi connectivity index (χ1) is 8.00. The van der Waals surface area contributed by atoms with Gasteiger partial charge in [-0.25, -0.2) is 5.84 Å². The molecule has 0 aromatic heterocycles. The molecule has 2 aliphatic rings. The van der Waals surface area contributed by atoms with Gasteiger partial charge in [0.05, 0.1) is 6.04 Å². The van der Waals surface area contributed by atoms with E-state index >= 15 is 0 Å². The number of hydrazine groups is 1. The molecule has 0 aromatic carbocycles. The molecular weight excluding hydrogens is 210 g/mol. The predicted molar refractivity (Wildman–Crippen MR) is 72.7 cm³/mol. The number of amidine groups is 1. The van der Waals surface area contributed by atoms with Crippen LogP contribution < -0.4 is 11.3 Å². The van der Waals surface area contributed by atoms with Gasteiger partial charge in [-0.2, -0.15) is 0 Å². The SMILES string of the molecule is CC(C)(C)C1CCC(C(=NC2CC2)NN)CC1. The Bertz CT molecular complexity index is 278. The topological polar surface area (TPSA) is 50.4 Å². The van der Waals surface area contributed by atoms with Crippen LogP contribution in [0.4, 0.5) is 0 Å². The smallest absolute Gasteiger partial charge is 0.114 e. The van der Waals surface area contributed by atoms with Crippen LogP contribution in [0.15, 0.2) is 4.99 Å². The van der Waals surface area contributed by atoms with Crippen LogP contribution in [-0.4, -0.2) is 11.9 Å². The van der Waals surface area contributed by atoms with Crippen molar-refractivity contribution in [1.29, 1.82) is 0 Å². The first-order valence-corrected chi connectivity index (χ1v) is 7.05. The van der Waals surface area contributed by atoms with Crippen LogP contribution in [0, 0.1) is 17.3 Å². The minimum Gasteiger partial charge on any atom is -0.312 e. The van der Waals surface area contributed by atoms with Crippen molar-refractivity contribution < 1.29 is 0 Å². The minimum absolute atomic E-state index is 0.453. The predicted octanol–water partition coefficient (Wildman–Crippen LogP) is 2.86. The molecule has 17 heavy (non-hydrogen) atoms. The Morgan fingerprint density at radius 3 is 2.06 bits per heavy atom. The van der Waals surface area contributed by atoms with E-state index in [9.17, 15) is 0 Å². The Morgan fingerprint density at radius 1 is 1.06 bits per heavy atom. The lowest BCUT2D eigenvalue weighted by molar-refractivity contribution is 0.166. The average Bonchev–Trinajstić information content (AvgIpc) is 3.09. The molecule has 3 nitrogen and oxygen atoms in total. The van der Waals surface area contributed by atoms with Gasteiger partial charge < -0.3 is 5.43 Å². The summed E-state index contributed by atoms with van der Waals surface area (Å²) in [4.78, 5) is 4.70. The van der Waals surface area contributed by atoms with Crippen molar-refractivity contribution in [2.45, 2.75) is 65.3 Å². The maximum absolute atomic E-state index is 5.62. The van der Waals surface area contributed by atoms with Crippen LogP contribution in [0.1, 0.15) is 59.3 Å². The highest BCUT2D eigenvalue weighted by atomic mass is 15.3. The van der Waals surface area contributed by atoms with Gasteiger partial charge in [-0.1, -0.05) is 20.8 Å². The summed E-state index contributed by atoms with van der Waals surface area (Å²) >= 11 is 0. The van der Waals surface area contributed by atoms with Crippen molar-refractivity contribution in [3.05, 3.63) is 0 Å². The van der Waals surface area contributed by atoms with Gasteiger partial charge >= 0.3 is 0 Å². The number of hydrogen-bond donors (Lipinski definition) is 2. The zero-order valence-corrected chi connectivity index (χ0v) is 11.5. The fraction of sp³-hybridized carbons (Fsp3) is 0.929. The van der Waals surface area contributed by atoms with Gasteiger partial charge in [0.15, 0.2) is 0 Å². The number of rotatable bonds is 2. The Hall–Kier alpha value is -0.570. The van der Waals surface area contributed by atoms with Crippen molar-refractivity contribution in [2.24, 2.45) is 28.1 Å². The molecule has 2 aliphatic carbocycles. The molecule has 98 valence electrons. The van der Waals surface area contributed by atoms with E-state index in [1.54, 1.807) is 0 Å². The Morgan fingerprint density at radius 2 is 1.65 bits per heavy atom. The quantitative estimate of drug-likeness (QED) is 0.336. The number of nitrogens with one attached hydrogen (secondary N) is 1. The highest BCUT2D eigenvalue weighted by Crippen LogP contribution is 2.40. The summed E-state index contributed by atoms with van der Waals surface area (Å²) in [5, 5.41) is 0. The summed E-state index contributed by atoms with van der Waals surface area (Å²) in [7, 11) is 0. The van der Waals surface area contributed by atoms with Crippen LogP contribution in [0.2, 0.25) is 0 Å². The van der Waals surface area contributed by atoms with E-state index in [-0.39, 0.29) is 0 Å². The molecular formula is C14H27N3. The lowest BCUT2D eigenvalue weighted by Gasteiger charge is -2.37. The van der Waals surface area contributed by atoms with Crippen molar-refractivity contribution in [1.82, 2.24) is 5.43 Å². The zero-order valence-electron chi connectivity index (χ0n) is 11.5. The molecule has 0 aliphatic heterocycles. The summed E-state index contributed by atoms with van der Waals surface area (Å²) < 4.78 is 0. The lowest BCUT2D eigenvalue weighted by Crippen LogP contribution is -2.39. The van der Waals surface area contributed by atoms with Gasteiger partial charge in [0.25, 0.3) is 0 Å². The number of hydrogen-bond acceptors (Lipinski definition) is 2. The number of nitrogens with two attached hydrogens (primary N) is 1. The number of nitrogens with zero attached hydrogens (tertiary/aromatic N) is 1. The van der Waals surface area contributed by atoms with Gasteiger partial charge in [-0.3, -0.25) is 4.99 Å². The van der Waals surface area contributed by atoms with Crippen molar-refractivity contribution in [3.8, 4) is 0 Å². The maximum Gasteiger partial charge on any atom is 0.114 e. The lowest BCUT2D eigenvalue weighted by atomic mass is 9.69. The summed E-state index contributed by atoms with van der Waals surface area (Å²) in [6.07, 6.45) is 7.64. The molecule has 0 bridgehead atoms. The molecule has 3 N–H and O–H groups in total. The van der Waals surface area contributed by atoms with Gasteiger partial charge in [0.2, 0.25) is 0 Å². The standard InChI is InChI=1S/C14H27N3/c1-14(2,3)11-6-4-10(5-7-11)13(17-15)16-12-8-9-12/h10-12H,4-9,15H2,1-3H3,(H,16,17). The molecule has 0 aromatic rings. The Labute approximate surface area is 105 Å². The van der Waals surface area contributed by atoms with E-state index < -0.39 is 0 Å². The second kappa shape index (κ2) is 4.97. The van der Waals surface area contributed by atoms with Gasteiger partial charge in [-0.05, 0) is 49.9 Å². The molecule has 0 saturated heterocycles. The van der Waals surface area contributed by atoms with Crippen LogP contribution in [0.25, 0.3) is 0 Å². The Balaban J connectivity index is 1.89. The minimum atomic E-state index is 0.453. The third-order valence-corrected chi connectivity index (χ3v) is 4.36. The van der Waals surface area contributed by atoms with Crippen LogP contribution in [-0.2, 0) is 0 Å². The summed E-state index contributed by atoms with van der Waals surface area (Å²) in [6.45, 7) is 7.08. The molecule has 0 radical (unpaired) electrons. The largest absolute Gasteiger partial charge is 0.312 e. The average molecular weight is 237 g/mol. The van der Waals surface area contributed by atoms with Gasteiger partial charge in [-0.15, -0.1) is 0 Å². The first kappa shape index (κ1) is 12.9. The molecule has 0 unspecified atom stereocenters. The fourth-order valence-corrected chi connectivity index (χ4v) is 2.89. The van der Waals surface area contributed by atoms with Crippen molar-refractivity contribution in [3.63, 3.8) is 0 Å². The third kappa shape index (κ3) is 3.44. The van der Waals surface area contributed by atoms with E-state index in [2.05, 4.69) is 26.2 Å². The monoisotopic (exact) mass is 237 g/mol. The molecule has 2 rings (SSSR count). The van der Waals surface area contributed by atoms with Crippen molar-refractivity contribution >= 4 is 5.84 Å². The third-order valence-electron chi connectivity index (χ3n) is 4.36. The molecule has 0 atom stereocenters. The van der Waals surface area contributed by atoms with E-state index in [1.165, 1.54) is 38.5 Å². The van der Waals surface area contributed by atoms with Gasteiger partial charge in [0.1, 0.15) is 5.84 Å². The summed E-state index contributed by atoms with van der Waals surface area (Å²) in [6, 6.07) is 0.571. The van der Waals surface area contributed by atoms with E-state index in [0.29, 0.717) is 17.4 Å². The van der Waals surface area contributed by atoms with E-state index in [1.807, 2.05) is 0 Å². The highest BCUT2D eigenvalue weighted by Gasteiger charge is 2.32. The van der Waals surface area contributed by atoms with E-state index in [0.717, 1.165) is 11.8 Å². The van der Waals surface area contributed by atoms with Crippen molar-refractivity contribution in [2.75, 3.05) is 0 Å². The highest BCUT2D eigenvalue weighted by molar-refractivity contribution is 5.84. The molecule has 3 heteroatoms. The van der Waals surface area contributed by atoms with Crippen LogP contribution >= 0.6 is 0 Å². The van der Waals surface area contributed by atoms with Gasteiger partial charge in [0, 0.05) is 5.92 Å². The molecule has 0 spiro atoms. The van der Waals surface area contributed by atoms with Crippen LogP contribution in [0.3, 0.4) is 0 Å². The second-order valence-corrected chi connectivity index (χ2v) is 6.80. The normalized spacial score (nSPS) is 31.4. The molecule has 2 saturated carbocycles. The zero-order chi connectivity index (χ0) is 12.5. The Kier molecular flexibility index (Phi) is 3.76. The molecule has 0 amide bonds.